The van der Waals surface area contributed by atoms with Crippen molar-refractivity contribution in [2.24, 2.45) is 0 Å². The summed E-state index contributed by atoms with van der Waals surface area (Å²) in [5.74, 6) is -0.407. The van der Waals surface area contributed by atoms with Crippen molar-refractivity contribution in [2.75, 3.05) is 18.6 Å². The standard InChI is InChI=1S/C14H19ClO4S/c1-3-4-5-8-20(17,18)10-13(16)11-6-7-14(19-2)12(15)9-11/h6-7,9H,3-5,8,10H2,1-2H3. The van der Waals surface area contributed by atoms with Crippen molar-refractivity contribution in [2.45, 2.75) is 26.2 Å². The van der Waals surface area contributed by atoms with Crippen molar-refractivity contribution in [3.63, 3.8) is 0 Å². The highest BCUT2D eigenvalue weighted by Crippen LogP contribution is 2.25. The van der Waals surface area contributed by atoms with Gasteiger partial charge in [-0.25, -0.2) is 8.42 Å². The van der Waals surface area contributed by atoms with Crippen LogP contribution in [0, 0.1) is 0 Å². The van der Waals surface area contributed by atoms with Crippen molar-refractivity contribution in [1.29, 1.82) is 0 Å². The van der Waals surface area contributed by atoms with Crippen molar-refractivity contribution in [3.8, 4) is 5.75 Å². The second-order valence-corrected chi connectivity index (χ2v) is 7.16. The van der Waals surface area contributed by atoms with Gasteiger partial charge in [-0.2, -0.15) is 0 Å². The lowest BCUT2D eigenvalue weighted by Gasteiger charge is -2.06. The third kappa shape index (κ3) is 5.13. The smallest absolute Gasteiger partial charge is 0.177 e. The largest absolute Gasteiger partial charge is 0.495 e. The normalized spacial score (nSPS) is 11.3. The number of ketones is 1. The maximum Gasteiger partial charge on any atom is 0.177 e. The summed E-state index contributed by atoms with van der Waals surface area (Å²) in [5.41, 5.74) is 0.287. The average molecular weight is 319 g/mol. The minimum atomic E-state index is -3.35. The molecule has 1 aromatic carbocycles. The van der Waals surface area contributed by atoms with Gasteiger partial charge in [-0.05, 0) is 24.6 Å². The Bertz CT molecular complexity index is 567. The summed E-state index contributed by atoms with van der Waals surface area (Å²) >= 11 is 5.92. The molecular weight excluding hydrogens is 300 g/mol. The zero-order valence-electron chi connectivity index (χ0n) is 11.7. The van der Waals surface area contributed by atoms with E-state index in [4.69, 9.17) is 16.3 Å². The molecule has 1 aromatic rings. The van der Waals surface area contributed by atoms with E-state index in [2.05, 4.69) is 0 Å². The van der Waals surface area contributed by atoms with Gasteiger partial charge in [0.2, 0.25) is 0 Å². The molecule has 0 spiro atoms. The van der Waals surface area contributed by atoms with E-state index in [1.807, 2.05) is 6.92 Å². The zero-order valence-corrected chi connectivity index (χ0v) is 13.3. The third-order valence-electron chi connectivity index (χ3n) is 2.88. The summed E-state index contributed by atoms with van der Waals surface area (Å²) in [6.07, 6.45) is 2.38. The molecule has 0 bridgehead atoms. The number of halogens is 1. The molecule has 0 N–H and O–H groups in total. The zero-order chi connectivity index (χ0) is 15.2. The van der Waals surface area contributed by atoms with Crippen LogP contribution < -0.4 is 4.74 Å². The van der Waals surface area contributed by atoms with E-state index in [1.165, 1.54) is 19.2 Å². The highest BCUT2D eigenvalue weighted by atomic mass is 35.5. The van der Waals surface area contributed by atoms with Crippen LogP contribution in [0.25, 0.3) is 0 Å². The Balaban J connectivity index is 2.73. The molecule has 6 heteroatoms. The number of hydrogen-bond donors (Lipinski definition) is 0. The maximum absolute atomic E-state index is 12.0. The number of sulfone groups is 1. The molecule has 0 saturated carbocycles. The van der Waals surface area contributed by atoms with Gasteiger partial charge in [0, 0.05) is 5.56 Å². The Morgan fingerprint density at radius 3 is 2.55 bits per heavy atom. The monoisotopic (exact) mass is 318 g/mol. The van der Waals surface area contributed by atoms with Gasteiger partial charge in [0.05, 0.1) is 17.9 Å². The van der Waals surface area contributed by atoms with E-state index in [0.29, 0.717) is 17.2 Å². The van der Waals surface area contributed by atoms with E-state index < -0.39 is 21.4 Å². The number of benzene rings is 1. The van der Waals surface area contributed by atoms with Crippen molar-refractivity contribution >= 4 is 27.2 Å². The first-order chi connectivity index (χ1) is 9.39. The first kappa shape index (κ1) is 17.0. The summed E-state index contributed by atoms with van der Waals surface area (Å²) in [6.45, 7) is 2.00. The van der Waals surface area contributed by atoms with Crippen LogP contribution in [0.3, 0.4) is 0 Å². The molecule has 112 valence electrons. The lowest BCUT2D eigenvalue weighted by molar-refractivity contribution is 0.102. The number of Topliss-reactive ketones (excluding diaryl/α,β-unsaturated/α-hetero) is 1. The Labute approximate surface area is 125 Å². The lowest BCUT2D eigenvalue weighted by Crippen LogP contribution is -2.19. The first-order valence-electron chi connectivity index (χ1n) is 6.46. The van der Waals surface area contributed by atoms with Crippen molar-refractivity contribution < 1.29 is 17.9 Å². The number of unbranched alkanes of at least 4 members (excludes halogenated alkanes) is 2. The Morgan fingerprint density at radius 2 is 2.00 bits per heavy atom. The Morgan fingerprint density at radius 1 is 1.30 bits per heavy atom. The van der Waals surface area contributed by atoms with Gasteiger partial charge >= 0.3 is 0 Å². The van der Waals surface area contributed by atoms with E-state index in [1.54, 1.807) is 6.07 Å². The number of methoxy groups -OCH3 is 1. The van der Waals surface area contributed by atoms with Gasteiger partial charge < -0.3 is 4.74 Å². The molecule has 0 aliphatic carbocycles. The minimum Gasteiger partial charge on any atom is -0.495 e. The molecule has 4 nitrogen and oxygen atoms in total. The number of hydrogen-bond acceptors (Lipinski definition) is 4. The van der Waals surface area contributed by atoms with Crippen LogP contribution in [0.2, 0.25) is 5.02 Å². The van der Waals surface area contributed by atoms with Gasteiger partial charge in [-0.3, -0.25) is 4.79 Å². The van der Waals surface area contributed by atoms with Crippen LogP contribution in [-0.2, 0) is 9.84 Å². The van der Waals surface area contributed by atoms with Gasteiger partial charge in [0.15, 0.2) is 15.6 Å². The van der Waals surface area contributed by atoms with Crippen LogP contribution in [0.5, 0.6) is 5.75 Å². The summed E-state index contributed by atoms with van der Waals surface area (Å²) in [4.78, 5) is 12.0. The number of carbonyl (C=O) groups is 1. The molecule has 0 aliphatic heterocycles. The molecule has 0 aromatic heterocycles. The minimum absolute atomic E-state index is 0.0521. The molecule has 1 rings (SSSR count). The molecule has 0 unspecified atom stereocenters. The second kappa shape index (κ2) is 7.64. The molecule has 0 amide bonds. The number of carbonyl (C=O) groups excluding carboxylic acids is 1. The molecule has 0 aliphatic rings. The molecular formula is C14H19ClO4S. The van der Waals surface area contributed by atoms with Crippen molar-refractivity contribution in [3.05, 3.63) is 28.8 Å². The Kier molecular flexibility index (Phi) is 6.49. The van der Waals surface area contributed by atoms with E-state index in [0.717, 1.165) is 12.8 Å². The van der Waals surface area contributed by atoms with E-state index in [-0.39, 0.29) is 11.3 Å². The fourth-order valence-electron chi connectivity index (χ4n) is 1.77. The highest BCUT2D eigenvalue weighted by Gasteiger charge is 2.18. The van der Waals surface area contributed by atoms with E-state index >= 15 is 0 Å². The second-order valence-electron chi connectivity index (χ2n) is 4.57. The SMILES string of the molecule is CCCCCS(=O)(=O)CC(=O)c1ccc(OC)c(Cl)c1. The topological polar surface area (TPSA) is 60.4 Å². The summed E-state index contributed by atoms with van der Waals surface area (Å²) in [5, 5.41) is 0.293. The summed E-state index contributed by atoms with van der Waals surface area (Å²) in [6, 6.07) is 4.51. The summed E-state index contributed by atoms with van der Waals surface area (Å²) in [7, 11) is -1.88. The van der Waals surface area contributed by atoms with Crippen LogP contribution >= 0.6 is 11.6 Å². The highest BCUT2D eigenvalue weighted by molar-refractivity contribution is 7.92. The van der Waals surface area contributed by atoms with Crippen LogP contribution in [-0.4, -0.2) is 32.8 Å². The van der Waals surface area contributed by atoms with Crippen LogP contribution in [0.4, 0.5) is 0 Å². The number of rotatable bonds is 8. The van der Waals surface area contributed by atoms with Gasteiger partial charge in [0.25, 0.3) is 0 Å². The van der Waals surface area contributed by atoms with Gasteiger partial charge in [0.1, 0.15) is 11.5 Å². The molecule has 20 heavy (non-hydrogen) atoms. The van der Waals surface area contributed by atoms with E-state index in [9.17, 15) is 13.2 Å². The first-order valence-corrected chi connectivity index (χ1v) is 8.66. The Hall–Kier alpha value is -1.07. The predicted octanol–water partition coefficient (Wildman–Crippen LogP) is 3.14. The van der Waals surface area contributed by atoms with Gasteiger partial charge in [-0.1, -0.05) is 31.4 Å². The van der Waals surface area contributed by atoms with Crippen LogP contribution in [0.15, 0.2) is 18.2 Å². The third-order valence-corrected chi connectivity index (χ3v) is 4.79. The molecule has 0 heterocycles. The molecule has 0 saturated heterocycles. The average Bonchev–Trinajstić information content (AvgIpc) is 2.38. The molecule has 0 atom stereocenters. The van der Waals surface area contributed by atoms with Crippen LogP contribution in [0.1, 0.15) is 36.5 Å². The molecule has 0 radical (unpaired) electrons. The quantitative estimate of drug-likeness (QED) is 0.546. The van der Waals surface area contributed by atoms with Gasteiger partial charge in [-0.15, -0.1) is 0 Å². The summed E-state index contributed by atoms with van der Waals surface area (Å²) < 4.78 is 28.6. The number of ether oxygens (including phenoxy) is 1. The van der Waals surface area contributed by atoms with Crippen molar-refractivity contribution in [1.82, 2.24) is 0 Å². The predicted molar refractivity (Wildman–Crippen MR) is 80.5 cm³/mol. The lowest BCUT2D eigenvalue weighted by atomic mass is 10.1. The molecule has 0 fully saturated rings. The maximum atomic E-state index is 12.0. The fourth-order valence-corrected chi connectivity index (χ4v) is 3.38. The fraction of sp³-hybridized carbons (Fsp3) is 0.500.